The van der Waals surface area contributed by atoms with Gasteiger partial charge < -0.3 is 62.2 Å². The molecule has 0 bridgehead atoms. The summed E-state index contributed by atoms with van der Waals surface area (Å²) in [4.78, 5) is 124. The highest BCUT2D eigenvalue weighted by atomic mass is 32.2. The van der Waals surface area contributed by atoms with Crippen LogP contribution in [0.3, 0.4) is 0 Å². The van der Waals surface area contributed by atoms with Crippen molar-refractivity contribution in [3.63, 3.8) is 0 Å². The van der Waals surface area contributed by atoms with E-state index in [-0.39, 0.29) is 38.1 Å². The molecule has 56 heavy (non-hydrogen) atoms. The van der Waals surface area contributed by atoms with Crippen LogP contribution in [0.4, 0.5) is 0 Å². The van der Waals surface area contributed by atoms with Crippen LogP contribution in [-0.4, -0.2) is 148 Å². The third kappa shape index (κ3) is 16.1. The Morgan fingerprint density at radius 1 is 0.911 bits per heavy atom. The van der Waals surface area contributed by atoms with E-state index in [1.165, 1.54) is 11.8 Å². The SMILES string of the molecule is CSCC[C@H](NC(=O)[C@@H]1CCCN1)C(=O)N[C@@H](CCC(N)=O)C(=O)N[C@@H](CO)C(=O)N[C@H](C(=O)N1CCC[C@H]1C(=O)N[C@H](C=O)CC(C)C)[C@@H](C)OP(=O)(O)O. The first kappa shape index (κ1) is 48.5. The predicted octanol–water partition coefficient (Wildman–Crippen LogP) is -3.09. The van der Waals surface area contributed by atoms with Gasteiger partial charge in [-0.05, 0) is 76.3 Å². The monoisotopic (exact) mass is 836 g/mol. The number of aldehydes is 1. The summed E-state index contributed by atoms with van der Waals surface area (Å²) in [5.41, 5.74) is 5.30. The van der Waals surface area contributed by atoms with Gasteiger partial charge in [0.15, 0.2) is 0 Å². The van der Waals surface area contributed by atoms with Gasteiger partial charge >= 0.3 is 7.82 Å². The van der Waals surface area contributed by atoms with Crippen LogP contribution >= 0.6 is 19.6 Å². The van der Waals surface area contributed by atoms with Crippen LogP contribution in [0.5, 0.6) is 0 Å². The van der Waals surface area contributed by atoms with E-state index in [2.05, 4.69) is 31.9 Å². The van der Waals surface area contributed by atoms with Crippen LogP contribution in [0.15, 0.2) is 0 Å². The normalized spacial score (nSPS) is 20.2. The summed E-state index contributed by atoms with van der Waals surface area (Å²) >= 11 is 1.42. The molecule has 0 aromatic rings. The number of nitrogens with zero attached hydrogens (tertiary/aromatic N) is 1. The molecule has 0 unspecified atom stereocenters. The van der Waals surface area contributed by atoms with E-state index < -0.39 is 104 Å². The third-order valence-corrected chi connectivity index (χ3v) is 10.4. The minimum absolute atomic E-state index is 0.00117. The van der Waals surface area contributed by atoms with Gasteiger partial charge in [0.1, 0.15) is 36.5 Å². The second kappa shape index (κ2) is 23.5. The number of phosphoric acid groups is 1. The van der Waals surface area contributed by atoms with Crippen molar-refractivity contribution in [3.05, 3.63) is 0 Å². The van der Waals surface area contributed by atoms with Gasteiger partial charge in [0, 0.05) is 13.0 Å². The molecule has 11 N–H and O–H groups in total. The molecule has 318 valence electrons. The van der Waals surface area contributed by atoms with E-state index >= 15 is 0 Å². The average molecular weight is 837 g/mol. The fourth-order valence-electron chi connectivity index (χ4n) is 6.31. The topological polar surface area (TPSA) is 325 Å². The largest absolute Gasteiger partial charge is 0.469 e. The first-order valence-corrected chi connectivity index (χ1v) is 21.4. The lowest BCUT2D eigenvalue weighted by Crippen LogP contribution is -2.62. The molecule has 7 amide bonds. The Labute approximate surface area is 329 Å². The van der Waals surface area contributed by atoms with Crippen LogP contribution in [-0.2, 0) is 47.4 Å². The minimum atomic E-state index is -5.26. The molecule has 2 saturated heterocycles. The van der Waals surface area contributed by atoms with Gasteiger partial charge in [-0.15, -0.1) is 0 Å². The second-order valence-corrected chi connectivity index (χ2v) is 16.3. The zero-order valence-electron chi connectivity index (χ0n) is 32.1. The van der Waals surface area contributed by atoms with E-state index in [0.29, 0.717) is 37.8 Å². The fraction of sp³-hybridized carbons (Fsp3) is 0.758. The highest BCUT2D eigenvalue weighted by molar-refractivity contribution is 7.98. The highest BCUT2D eigenvalue weighted by Crippen LogP contribution is 2.38. The standard InChI is InChI=1S/C33H57N8O13PS/c1-18(2)15-20(16-42)36-32(49)25-8-6-13-41(25)33(50)27(19(3)54-55(51,52)53)40-31(48)24(17-43)39-29(46)22(9-10-26(34)44)37-30(47)23(11-14-56-4)38-28(45)21-7-5-12-35-21/h16,18-25,27,35,43H,5-15,17H2,1-4H3,(H2,34,44)(H,36,49)(H,37,47)(H,38,45)(H,39,46)(H,40,48)(H2,51,52,53)/t19-,20+,21+,22+,23+,24+,25+,27+/m1/s1. The van der Waals surface area contributed by atoms with E-state index in [1.807, 2.05) is 13.8 Å². The lowest BCUT2D eigenvalue weighted by atomic mass is 10.0. The average Bonchev–Trinajstić information content (AvgIpc) is 3.84. The zero-order chi connectivity index (χ0) is 42.2. The van der Waals surface area contributed by atoms with Gasteiger partial charge in [-0.2, -0.15) is 11.8 Å². The number of phosphoric ester groups is 1. The van der Waals surface area contributed by atoms with Crippen LogP contribution in [0.25, 0.3) is 0 Å². The van der Waals surface area contributed by atoms with Gasteiger partial charge in [0.2, 0.25) is 41.4 Å². The fourth-order valence-corrected chi connectivity index (χ4v) is 7.33. The predicted molar refractivity (Wildman–Crippen MR) is 202 cm³/mol. The quantitative estimate of drug-likeness (QED) is 0.0340. The number of primary amides is 1. The van der Waals surface area contributed by atoms with Gasteiger partial charge in [-0.25, -0.2) is 4.57 Å². The van der Waals surface area contributed by atoms with Crippen LogP contribution in [0.2, 0.25) is 0 Å². The maximum Gasteiger partial charge on any atom is 0.469 e. The number of carbonyl (C=O) groups is 8. The van der Waals surface area contributed by atoms with E-state index in [0.717, 1.165) is 18.2 Å². The smallest absolute Gasteiger partial charge is 0.394 e. The van der Waals surface area contributed by atoms with Crippen molar-refractivity contribution in [2.75, 3.05) is 31.7 Å². The molecule has 21 nitrogen and oxygen atoms in total. The number of aliphatic hydroxyl groups is 1. The number of hydrogen-bond donors (Lipinski definition) is 10. The maximum absolute atomic E-state index is 13.9. The Balaban J connectivity index is 2.29. The number of rotatable bonds is 24. The molecule has 2 aliphatic heterocycles. The Morgan fingerprint density at radius 3 is 2.07 bits per heavy atom. The summed E-state index contributed by atoms with van der Waals surface area (Å²) in [6.45, 7) is 4.35. The van der Waals surface area contributed by atoms with Crippen molar-refractivity contribution in [2.24, 2.45) is 11.7 Å². The van der Waals surface area contributed by atoms with Crippen molar-refractivity contribution < 1.29 is 62.3 Å². The number of aliphatic hydroxyl groups excluding tert-OH is 1. The van der Waals surface area contributed by atoms with E-state index in [1.54, 1.807) is 6.26 Å². The number of carbonyl (C=O) groups excluding carboxylic acids is 8. The molecule has 8 atom stereocenters. The van der Waals surface area contributed by atoms with Crippen molar-refractivity contribution in [2.45, 2.75) is 121 Å². The van der Waals surface area contributed by atoms with Crippen LogP contribution in [0, 0.1) is 5.92 Å². The summed E-state index contributed by atoms with van der Waals surface area (Å²) in [5, 5.41) is 25.5. The number of nitrogens with one attached hydrogen (secondary N) is 6. The molecule has 2 heterocycles. The van der Waals surface area contributed by atoms with Crippen molar-refractivity contribution in [1.82, 2.24) is 36.8 Å². The molecule has 0 spiro atoms. The summed E-state index contributed by atoms with van der Waals surface area (Å²) < 4.78 is 16.5. The van der Waals surface area contributed by atoms with Gasteiger partial charge in [0.25, 0.3) is 0 Å². The number of likely N-dealkylation sites (tertiary alicyclic amines) is 1. The molecule has 2 rings (SSSR count). The van der Waals surface area contributed by atoms with Crippen molar-refractivity contribution >= 4 is 67.2 Å². The first-order chi connectivity index (χ1) is 26.3. The number of nitrogens with two attached hydrogens (primary N) is 1. The molecule has 2 aliphatic rings. The molecule has 0 radical (unpaired) electrons. The number of thioether (sulfide) groups is 1. The molecule has 2 fully saturated rings. The Kier molecular flexibility index (Phi) is 20.4. The Bertz CT molecular complexity index is 1450. The molecule has 0 aliphatic carbocycles. The van der Waals surface area contributed by atoms with Gasteiger partial charge in [-0.1, -0.05) is 13.8 Å². The molecular weight excluding hydrogens is 779 g/mol. The lowest BCUT2D eigenvalue weighted by Gasteiger charge is -2.32. The van der Waals surface area contributed by atoms with Gasteiger partial charge in [0.05, 0.1) is 24.8 Å². The molecule has 0 aromatic carbocycles. The highest BCUT2D eigenvalue weighted by Gasteiger charge is 2.42. The molecular formula is C33H57N8O13PS. The summed E-state index contributed by atoms with van der Waals surface area (Å²) in [7, 11) is -5.26. The van der Waals surface area contributed by atoms with Crippen molar-refractivity contribution in [3.8, 4) is 0 Å². The summed E-state index contributed by atoms with van der Waals surface area (Å²) in [5.74, 6) is -5.37. The Morgan fingerprint density at radius 2 is 1.54 bits per heavy atom. The first-order valence-electron chi connectivity index (χ1n) is 18.4. The lowest BCUT2D eigenvalue weighted by molar-refractivity contribution is -0.144. The Hall–Kier alpha value is -3.66. The summed E-state index contributed by atoms with van der Waals surface area (Å²) in [6.07, 6.45) is 2.31. The third-order valence-electron chi connectivity index (χ3n) is 9.14. The number of amides is 7. The number of hydrogen-bond acceptors (Lipinski definition) is 13. The maximum atomic E-state index is 13.9. The van der Waals surface area contributed by atoms with Crippen LogP contribution in [0.1, 0.15) is 72.1 Å². The second-order valence-electron chi connectivity index (χ2n) is 14.2. The molecule has 0 saturated carbocycles. The van der Waals surface area contributed by atoms with E-state index in [4.69, 9.17) is 10.3 Å². The zero-order valence-corrected chi connectivity index (χ0v) is 33.8. The molecule has 23 heteroatoms. The van der Waals surface area contributed by atoms with Gasteiger partial charge in [-0.3, -0.25) is 38.1 Å². The molecule has 0 aromatic heterocycles. The van der Waals surface area contributed by atoms with E-state index in [9.17, 15) is 57.8 Å². The van der Waals surface area contributed by atoms with Crippen molar-refractivity contribution in [1.29, 1.82) is 0 Å². The van der Waals surface area contributed by atoms with Crippen LogP contribution < -0.4 is 37.6 Å². The minimum Gasteiger partial charge on any atom is -0.394 e. The summed E-state index contributed by atoms with van der Waals surface area (Å²) in [6, 6.07) is -8.72.